The highest BCUT2D eigenvalue weighted by molar-refractivity contribution is 7.90. The number of amides is 1. The Balaban J connectivity index is 1.98. The minimum Gasteiger partial charge on any atom is -0.495 e. The van der Waals surface area contributed by atoms with Gasteiger partial charge in [0.05, 0.1) is 12.8 Å². The normalized spacial score (nSPS) is 11.5. The van der Waals surface area contributed by atoms with E-state index < -0.39 is 15.7 Å². The van der Waals surface area contributed by atoms with Gasteiger partial charge >= 0.3 is 0 Å². The molecule has 0 aliphatic heterocycles. The van der Waals surface area contributed by atoms with E-state index in [1.54, 1.807) is 25.1 Å². The Kier molecular flexibility index (Phi) is 4.22. The lowest BCUT2D eigenvalue weighted by Crippen LogP contribution is -2.13. The van der Waals surface area contributed by atoms with Crippen LogP contribution >= 0.6 is 0 Å². The minimum absolute atomic E-state index is 0.0450. The van der Waals surface area contributed by atoms with Gasteiger partial charge in [0.2, 0.25) is 0 Å². The van der Waals surface area contributed by atoms with E-state index in [2.05, 4.69) is 10.3 Å². The second kappa shape index (κ2) is 6.21. The Bertz CT molecular complexity index is 1070. The lowest BCUT2D eigenvalue weighted by Gasteiger charge is -2.10. The molecule has 0 spiro atoms. The van der Waals surface area contributed by atoms with Crippen molar-refractivity contribution in [1.82, 2.24) is 4.98 Å². The third-order valence-electron chi connectivity index (χ3n) is 3.60. The first-order valence-electron chi connectivity index (χ1n) is 7.35. The predicted molar refractivity (Wildman–Crippen MR) is 92.8 cm³/mol. The van der Waals surface area contributed by atoms with Crippen LogP contribution in [0.1, 0.15) is 16.2 Å². The van der Waals surface area contributed by atoms with E-state index in [9.17, 15) is 13.2 Å². The second-order valence-electron chi connectivity index (χ2n) is 5.48. The number of hydrogen-bond acceptors (Lipinski definition) is 6. The number of nitrogens with one attached hydrogen (secondary N) is 1. The van der Waals surface area contributed by atoms with Crippen molar-refractivity contribution in [2.45, 2.75) is 11.8 Å². The SMILES string of the molecule is COc1ccc(C(=O)Nc2cccc3nc(C)oc23)cc1S(C)(=O)=O. The van der Waals surface area contributed by atoms with Crippen LogP contribution in [0.3, 0.4) is 0 Å². The Morgan fingerprint density at radius 3 is 2.68 bits per heavy atom. The average molecular weight is 360 g/mol. The molecule has 25 heavy (non-hydrogen) atoms. The van der Waals surface area contributed by atoms with Crippen molar-refractivity contribution < 1.29 is 22.4 Å². The summed E-state index contributed by atoms with van der Waals surface area (Å²) in [6.45, 7) is 1.72. The number of rotatable bonds is 4. The number of oxazole rings is 1. The summed E-state index contributed by atoms with van der Waals surface area (Å²) in [5.41, 5.74) is 1.74. The molecule has 1 N–H and O–H groups in total. The van der Waals surface area contributed by atoms with Crippen molar-refractivity contribution in [3.63, 3.8) is 0 Å². The molecule has 7 nitrogen and oxygen atoms in total. The Hall–Kier alpha value is -2.87. The minimum atomic E-state index is -3.54. The molecular formula is C17H16N2O5S. The average Bonchev–Trinajstić information content (AvgIpc) is 2.94. The Morgan fingerprint density at radius 2 is 2.00 bits per heavy atom. The predicted octanol–water partition coefficient (Wildman–Crippen LogP) is 2.80. The molecule has 8 heteroatoms. The van der Waals surface area contributed by atoms with E-state index in [-0.39, 0.29) is 16.2 Å². The van der Waals surface area contributed by atoms with Crippen molar-refractivity contribution in [1.29, 1.82) is 0 Å². The van der Waals surface area contributed by atoms with Gasteiger partial charge in [0.15, 0.2) is 21.3 Å². The zero-order valence-corrected chi connectivity index (χ0v) is 14.7. The molecule has 0 saturated carbocycles. The van der Waals surface area contributed by atoms with Crippen LogP contribution < -0.4 is 10.1 Å². The van der Waals surface area contributed by atoms with Crippen LogP contribution in [0.5, 0.6) is 5.75 Å². The molecule has 0 fully saturated rings. The monoisotopic (exact) mass is 360 g/mol. The quantitative estimate of drug-likeness (QED) is 0.768. The van der Waals surface area contributed by atoms with E-state index in [0.717, 1.165) is 6.26 Å². The van der Waals surface area contributed by atoms with Gasteiger partial charge in [-0.2, -0.15) is 0 Å². The largest absolute Gasteiger partial charge is 0.495 e. The van der Waals surface area contributed by atoms with Crippen molar-refractivity contribution in [3.05, 3.63) is 47.9 Å². The van der Waals surface area contributed by atoms with Crippen LogP contribution in [0.25, 0.3) is 11.1 Å². The maximum absolute atomic E-state index is 12.5. The first-order valence-corrected chi connectivity index (χ1v) is 9.24. The number of anilines is 1. The van der Waals surface area contributed by atoms with Crippen LogP contribution in [0.4, 0.5) is 5.69 Å². The zero-order valence-electron chi connectivity index (χ0n) is 13.9. The van der Waals surface area contributed by atoms with Crippen LogP contribution in [-0.2, 0) is 9.84 Å². The summed E-state index contributed by atoms with van der Waals surface area (Å²) in [7, 11) is -2.17. The van der Waals surface area contributed by atoms with Gasteiger partial charge in [-0.05, 0) is 30.3 Å². The number of aromatic nitrogens is 1. The molecule has 0 bridgehead atoms. The zero-order chi connectivity index (χ0) is 18.2. The molecular weight excluding hydrogens is 344 g/mol. The molecule has 130 valence electrons. The lowest BCUT2D eigenvalue weighted by molar-refractivity contribution is 0.102. The molecule has 1 aromatic heterocycles. The number of nitrogens with zero attached hydrogens (tertiary/aromatic N) is 1. The third-order valence-corrected chi connectivity index (χ3v) is 4.71. The first kappa shape index (κ1) is 17.0. The van der Waals surface area contributed by atoms with Gasteiger partial charge < -0.3 is 14.5 Å². The highest BCUT2D eigenvalue weighted by atomic mass is 32.2. The maximum Gasteiger partial charge on any atom is 0.255 e. The highest BCUT2D eigenvalue weighted by Gasteiger charge is 2.18. The fraction of sp³-hybridized carbons (Fsp3) is 0.176. The fourth-order valence-electron chi connectivity index (χ4n) is 2.46. The lowest BCUT2D eigenvalue weighted by atomic mass is 10.2. The topological polar surface area (TPSA) is 98.5 Å². The number of carbonyl (C=O) groups excluding carboxylic acids is 1. The van der Waals surface area contributed by atoms with Crippen molar-refractivity contribution in [2.24, 2.45) is 0 Å². The van der Waals surface area contributed by atoms with Crippen molar-refractivity contribution in [3.8, 4) is 5.75 Å². The van der Waals surface area contributed by atoms with E-state index >= 15 is 0 Å². The summed E-state index contributed by atoms with van der Waals surface area (Å²) in [6, 6.07) is 9.44. The van der Waals surface area contributed by atoms with Crippen LogP contribution in [0.15, 0.2) is 45.7 Å². The standard InChI is InChI=1S/C17H16N2O5S/c1-10-18-12-5-4-6-13(16(12)24-10)19-17(20)11-7-8-14(23-2)15(9-11)25(3,21)22/h4-9H,1-3H3,(H,19,20). The third kappa shape index (κ3) is 3.34. The van der Waals surface area contributed by atoms with Crippen LogP contribution in [0, 0.1) is 6.92 Å². The summed E-state index contributed by atoms with van der Waals surface area (Å²) in [5.74, 6) is 0.210. The van der Waals surface area contributed by atoms with Gasteiger partial charge in [-0.25, -0.2) is 13.4 Å². The maximum atomic E-state index is 12.5. The highest BCUT2D eigenvalue weighted by Crippen LogP contribution is 2.27. The van der Waals surface area contributed by atoms with E-state index in [1.165, 1.54) is 25.3 Å². The Morgan fingerprint density at radius 1 is 1.24 bits per heavy atom. The van der Waals surface area contributed by atoms with Crippen LogP contribution in [0.2, 0.25) is 0 Å². The summed E-state index contributed by atoms with van der Waals surface area (Å²) in [6.07, 6.45) is 1.06. The molecule has 0 saturated heterocycles. The number of benzene rings is 2. The van der Waals surface area contributed by atoms with Gasteiger partial charge in [-0.15, -0.1) is 0 Å². The van der Waals surface area contributed by atoms with Crippen LogP contribution in [-0.4, -0.2) is 32.7 Å². The summed E-state index contributed by atoms with van der Waals surface area (Å²) in [4.78, 5) is 16.7. The number of carbonyl (C=O) groups is 1. The molecule has 3 aromatic rings. The number of methoxy groups -OCH3 is 1. The van der Waals surface area contributed by atoms with Gasteiger partial charge in [0, 0.05) is 18.7 Å². The number of aryl methyl sites for hydroxylation is 1. The number of para-hydroxylation sites is 1. The van der Waals surface area contributed by atoms with E-state index in [4.69, 9.17) is 9.15 Å². The summed E-state index contributed by atoms with van der Waals surface area (Å²) < 4.78 is 34.3. The Labute approximate surface area is 144 Å². The van der Waals surface area contributed by atoms with Gasteiger partial charge in [0.1, 0.15) is 16.2 Å². The van der Waals surface area contributed by atoms with E-state index in [0.29, 0.717) is 22.7 Å². The molecule has 0 unspecified atom stereocenters. The summed E-state index contributed by atoms with van der Waals surface area (Å²) in [5, 5.41) is 2.72. The van der Waals surface area contributed by atoms with Crippen molar-refractivity contribution >= 4 is 32.5 Å². The molecule has 0 aliphatic carbocycles. The van der Waals surface area contributed by atoms with Crippen molar-refractivity contribution in [2.75, 3.05) is 18.7 Å². The number of sulfone groups is 1. The molecule has 1 heterocycles. The summed E-state index contributed by atoms with van der Waals surface area (Å²) >= 11 is 0. The van der Waals surface area contributed by atoms with Gasteiger partial charge in [-0.3, -0.25) is 4.79 Å². The molecule has 1 amide bonds. The van der Waals surface area contributed by atoms with Gasteiger partial charge in [0.25, 0.3) is 5.91 Å². The number of ether oxygens (including phenoxy) is 1. The molecule has 0 radical (unpaired) electrons. The molecule has 0 aliphatic rings. The smallest absolute Gasteiger partial charge is 0.255 e. The molecule has 3 rings (SSSR count). The number of fused-ring (bicyclic) bond motifs is 1. The van der Waals surface area contributed by atoms with Gasteiger partial charge in [-0.1, -0.05) is 6.07 Å². The molecule has 0 atom stereocenters. The number of hydrogen-bond donors (Lipinski definition) is 1. The fourth-order valence-corrected chi connectivity index (χ4v) is 3.32. The first-order chi connectivity index (χ1) is 11.8. The molecule has 2 aromatic carbocycles. The van der Waals surface area contributed by atoms with E-state index in [1.807, 2.05) is 0 Å². The second-order valence-corrected chi connectivity index (χ2v) is 7.46.